The molecule has 8 nitrogen and oxygen atoms in total. The third-order valence-electron chi connectivity index (χ3n) is 3.35. The number of urea groups is 2. The summed E-state index contributed by atoms with van der Waals surface area (Å²) >= 11 is 0. The van der Waals surface area contributed by atoms with Gasteiger partial charge in [-0.15, -0.1) is 0 Å². The Bertz CT molecular complexity index is 629. The van der Waals surface area contributed by atoms with Crippen LogP contribution in [0.4, 0.5) is 15.3 Å². The number of hydrogen-bond acceptors (Lipinski definition) is 4. The minimum absolute atomic E-state index is 0.00903. The van der Waals surface area contributed by atoms with Crippen molar-refractivity contribution in [3.05, 3.63) is 23.8 Å². The summed E-state index contributed by atoms with van der Waals surface area (Å²) in [5.74, 6) is 0.480. The van der Waals surface area contributed by atoms with Crippen molar-refractivity contribution in [2.45, 2.75) is 26.9 Å². The number of anilines is 1. The van der Waals surface area contributed by atoms with E-state index < -0.39 is 12.1 Å². The Balaban J connectivity index is 1.81. The summed E-state index contributed by atoms with van der Waals surface area (Å²) in [7, 11) is 0. The molecule has 24 heavy (non-hydrogen) atoms. The van der Waals surface area contributed by atoms with Crippen LogP contribution in [0.5, 0.6) is 5.75 Å². The first-order chi connectivity index (χ1) is 11.4. The molecular weight excluding hydrogens is 312 g/mol. The molecule has 5 amide bonds. The minimum Gasteiger partial charge on any atom is -0.491 e. The number of nitrogens with zero attached hydrogens (tertiary/aromatic N) is 1. The van der Waals surface area contributed by atoms with Crippen molar-refractivity contribution in [3.63, 3.8) is 0 Å². The van der Waals surface area contributed by atoms with Crippen LogP contribution in [-0.2, 0) is 4.79 Å². The summed E-state index contributed by atoms with van der Waals surface area (Å²) in [6, 6.07) is 4.53. The lowest BCUT2D eigenvalue weighted by molar-refractivity contribution is -0.124. The molecule has 1 aromatic carbocycles. The Hall–Kier alpha value is -2.77. The highest BCUT2D eigenvalue weighted by Gasteiger charge is 2.27. The van der Waals surface area contributed by atoms with Crippen LogP contribution in [0.25, 0.3) is 0 Å². The number of nitrogens with one attached hydrogen (secondary N) is 3. The Morgan fingerprint density at radius 3 is 2.71 bits per heavy atom. The van der Waals surface area contributed by atoms with Crippen LogP contribution in [0.3, 0.4) is 0 Å². The van der Waals surface area contributed by atoms with Gasteiger partial charge in [0.05, 0.1) is 12.6 Å². The molecule has 0 atom stereocenters. The molecule has 0 aliphatic carbocycles. The van der Waals surface area contributed by atoms with E-state index in [2.05, 4.69) is 16.0 Å². The molecule has 0 bridgehead atoms. The third-order valence-corrected chi connectivity index (χ3v) is 3.35. The summed E-state index contributed by atoms with van der Waals surface area (Å²) in [6.45, 7) is 6.12. The first kappa shape index (κ1) is 17.6. The molecule has 3 N–H and O–H groups in total. The lowest BCUT2D eigenvalue weighted by Gasteiger charge is -2.15. The van der Waals surface area contributed by atoms with Crippen molar-refractivity contribution in [1.82, 2.24) is 15.5 Å². The molecule has 0 aromatic heterocycles. The molecule has 1 saturated heterocycles. The number of carbonyl (C=O) groups excluding carboxylic acids is 3. The topological polar surface area (TPSA) is 99.8 Å². The first-order valence-electron chi connectivity index (χ1n) is 7.77. The van der Waals surface area contributed by atoms with Gasteiger partial charge in [0.1, 0.15) is 5.75 Å². The number of amides is 5. The van der Waals surface area contributed by atoms with Crippen molar-refractivity contribution in [3.8, 4) is 5.75 Å². The molecule has 2 rings (SSSR count). The van der Waals surface area contributed by atoms with Crippen LogP contribution in [0.2, 0.25) is 0 Å². The van der Waals surface area contributed by atoms with E-state index in [4.69, 9.17) is 4.74 Å². The molecular formula is C16H22N4O4. The quantitative estimate of drug-likeness (QED) is 0.686. The summed E-state index contributed by atoms with van der Waals surface area (Å²) in [6.07, 6.45) is 0.0799. The molecule has 8 heteroatoms. The first-order valence-corrected chi connectivity index (χ1v) is 7.77. The van der Waals surface area contributed by atoms with Crippen molar-refractivity contribution in [2.75, 3.05) is 25.0 Å². The molecule has 0 unspecified atom stereocenters. The number of carbonyl (C=O) groups is 3. The summed E-state index contributed by atoms with van der Waals surface area (Å²) < 4.78 is 5.64. The van der Waals surface area contributed by atoms with Gasteiger partial charge in [0.2, 0.25) is 5.91 Å². The van der Waals surface area contributed by atoms with E-state index in [0.29, 0.717) is 5.69 Å². The van der Waals surface area contributed by atoms with Crippen molar-refractivity contribution >= 4 is 23.7 Å². The van der Waals surface area contributed by atoms with Gasteiger partial charge in [0, 0.05) is 18.8 Å². The van der Waals surface area contributed by atoms with Gasteiger partial charge in [0.15, 0.2) is 0 Å². The van der Waals surface area contributed by atoms with Crippen molar-refractivity contribution in [2.24, 2.45) is 0 Å². The maximum Gasteiger partial charge on any atom is 0.324 e. The van der Waals surface area contributed by atoms with E-state index in [1.807, 2.05) is 26.8 Å². The highest BCUT2D eigenvalue weighted by atomic mass is 16.5. The molecule has 1 aromatic rings. The molecule has 1 heterocycles. The molecule has 0 radical (unpaired) electrons. The molecule has 1 aliphatic rings. The van der Waals surface area contributed by atoms with Crippen molar-refractivity contribution in [1.29, 1.82) is 0 Å². The van der Waals surface area contributed by atoms with E-state index in [1.54, 1.807) is 12.1 Å². The Labute approximate surface area is 140 Å². The number of benzene rings is 1. The zero-order chi connectivity index (χ0) is 17.7. The van der Waals surface area contributed by atoms with Crippen LogP contribution >= 0.6 is 0 Å². The molecule has 130 valence electrons. The number of ether oxygens (including phenoxy) is 1. The molecule has 0 spiro atoms. The molecule has 0 saturated carbocycles. The van der Waals surface area contributed by atoms with Gasteiger partial charge in [-0.3, -0.25) is 9.69 Å². The maximum absolute atomic E-state index is 11.9. The summed E-state index contributed by atoms with van der Waals surface area (Å²) in [4.78, 5) is 35.7. The fourth-order valence-electron chi connectivity index (χ4n) is 2.25. The normalized spacial score (nSPS) is 13.9. The van der Waals surface area contributed by atoms with Gasteiger partial charge in [0.25, 0.3) is 0 Å². The summed E-state index contributed by atoms with van der Waals surface area (Å²) in [5, 5.41) is 7.73. The van der Waals surface area contributed by atoms with E-state index in [-0.39, 0.29) is 31.6 Å². The Morgan fingerprint density at radius 2 is 2.12 bits per heavy atom. The molecule has 1 fully saturated rings. The highest BCUT2D eigenvalue weighted by molar-refractivity contribution is 6.02. The number of rotatable bonds is 6. The SMILES string of the molecule is Cc1cc(NC(=O)NCCN2C(=O)CNC2=O)ccc1OC(C)C. The fourth-order valence-corrected chi connectivity index (χ4v) is 2.25. The average Bonchev–Trinajstić information content (AvgIpc) is 2.81. The zero-order valence-corrected chi connectivity index (χ0v) is 14.0. The summed E-state index contributed by atoms with van der Waals surface area (Å²) in [5.41, 5.74) is 1.55. The monoisotopic (exact) mass is 334 g/mol. The largest absolute Gasteiger partial charge is 0.491 e. The predicted octanol–water partition coefficient (Wildman–Crippen LogP) is 1.46. The predicted molar refractivity (Wildman–Crippen MR) is 89.1 cm³/mol. The standard InChI is InChI=1S/C16H22N4O4/c1-10(2)24-13-5-4-12(8-11(13)3)19-15(22)17-6-7-20-14(21)9-18-16(20)23/h4-5,8,10H,6-7,9H2,1-3H3,(H,18,23)(H2,17,19,22). The van der Waals surface area contributed by atoms with E-state index in [1.165, 1.54) is 0 Å². The zero-order valence-electron chi connectivity index (χ0n) is 14.0. The lowest BCUT2D eigenvalue weighted by atomic mass is 10.2. The second-order valence-corrected chi connectivity index (χ2v) is 5.73. The van der Waals surface area contributed by atoms with Gasteiger partial charge >= 0.3 is 12.1 Å². The van der Waals surface area contributed by atoms with Gasteiger partial charge in [-0.2, -0.15) is 0 Å². The third kappa shape index (κ3) is 4.61. The number of imide groups is 1. The van der Waals surface area contributed by atoms with Crippen molar-refractivity contribution < 1.29 is 19.1 Å². The average molecular weight is 334 g/mol. The Morgan fingerprint density at radius 1 is 1.38 bits per heavy atom. The van der Waals surface area contributed by atoms with E-state index in [0.717, 1.165) is 16.2 Å². The number of aryl methyl sites for hydroxylation is 1. The molecule has 1 aliphatic heterocycles. The van der Waals surface area contributed by atoms with Crippen LogP contribution in [0.15, 0.2) is 18.2 Å². The van der Waals surface area contributed by atoms with Gasteiger partial charge in [-0.05, 0) is 44.5 Å². The maximum atomic E-state index is 11.9. The smallest absolute Gasteiger partial charge is 0.324 e. The van der Waals surface area contributed by atoms with Gasteiger partial charge in [-0.25, -0.2) is 9.59 Å². The highest BCUT2D eigenvalue weighted by Crippen LogP contribution is 2.22. The van der Waals surface area contributed by atoms with Crippen LogP contribution in [0, 0.1) is 6.92 Å². The van der Waals surface area contributed by atoms with Crippen LogP contribution < -0.4 is 20.7 Å². The second-order valence-electron chi connectivity index (χ2n) is 5.73. The second kappa shape index (κ2) is 7.67. The number of hydrogen-bond donors (Lipinski definition) is 3. The minimum atomic E-state index is -0.432. The Kier molecular flexibility index (Phi) is 5.62. The van der Waals surface area contributed by atoms with Crippen LogP contribution in [0.1, 0.15) is 19.4 Å². The van der Waals surface area contributed by atoms with E-state index >= 15 is 0 Å². The lowest BCUT2D eigenvalue weighted by Crippen LogP contribution is -2.40. The van der Waals surface area contributed by atoms with Crippen LogP contribution in [-0.4, -0.2) is 48.6 Å². The van der Waals surface area contributed by atoms with Gasteiger partial charge in [-0.1, -0.05) is 0 Å². The fraction of sp³-hybridized carbons (Fsp3) is 0.438. The van der Waals surface area contributed by atoms with Gasteiger partial charge < -0.3 is 20.7 Å². The van der Waals surface area contributed by atoms with E-state index in [9.17, 15) is 14.4 Å².